The van der Waals surface area contributed by atoms with E-state index < -0.39 is 0 Å². The molecule has 0 aliphatic heterocycles. The van der Waals surface area contributed by atoms with Gasteiger partial charge in [-0.25, -0.2) is 4.68 Å². The molecule has 0 radical (unpaired) electrons. The molecule has 6 nitrogen and oxygen atoms in total. The highest BCUT2D eigenvalue weighted by Crippen LogP contribution is 2.08. The van der Waals surface area contributed by atoms with Crippen LogP contribution in [0.1, 0.15) is 19.7 Å². The number of hydrogen-bond donors (Lipinski definition) is 1. The number of para-hydroxylation sites is 1. The van der Waals surface area contributed by atoms with Crippen molar-refractivity contribution < 1.29 is 4.74 Å². The van der Waals surface area contributed by atoms with Gasteiger partial charge in [0.05, 0.1) is 13.1 Å². The molecule has 1 N–H and O–H groups in total. The first kappa shape index (κ1) is 14.5. The molecular weight excluding hydrogens is 254 g/mol. The summed E-state index contributed by atoms with van der Waals surface area (Å²) >= 11 is 0. The Morgan fingerprint density at radius 1 is 1.25 bits per heavy atom. The highest BCUT2D eigenvalue weighted by molar-refractivity contribution is 5.20. The molecule has 0 aliphatic carbocycles. The number of hydrogen-bond acceptors (Lipinski definition) is 5. The van der Waals surface area contributed by atoms with Crippen LogP contribution in [0.4, 0.5) is 0 Å². The zero-order chi connectivity index (χ0) is 14.2. The third-order valence-corrected chi connectivity index (χ3v) is 2.76. The van der Waals surface area contributed by atoms with E-state index in [4.69, 9.17) is 4.74 Å². The van der Waals surface area contributed by atoms with Crippen molar-refractivity contribution in [3.63, 3.8) is 0 Å². The van der Waals surface area contributed by atoms with Crippen LogP contribution in [0.15, 0.2) is 30.3 Å². The quantitative estimate of drug-likeness (QED) is 0.791. The Labute approximate surface area is 119 Å². The molecule has 1 aromatic carbocycles. The maximum absolute atomic E-state index is 5.64. The van der Waals surface area contributed by atoms with Crippen LogP contribution in [0.25, 0.3) is 0 Å². The van der Waals surface area contributed by atoms with Crippen LogP contribution < -0.4 is 10.1 Å². The summed E-state index contributed by atoms with van der Waals surface area (Å²) in [5, 5.41) is 15.0. The van der Waals surface area contributed by atoms with Crippen molar-refractivity contribution in [3.05, 3.63) is 36.2 Å². The molecule has 0 fully saturated rings. The van der Waals surface area contributed by atoms with Crippen LogP contribution >= 0.6 is 0 Å². The molecule has 0 saturated carbocycles. The topological polar surface area (TPSA) is 64.9 Å². The van der Waals surface area contributed by atoms with Crippen molar-refractivity contribution in [3.8, 4) is 5.75 Å². The number of nitrogens with one attached hydrogen (secondary N) is 1. The van der Waals surface area contributed by atoms with Gasteiger partial charge in [0.1, 0.15) is 12.4 Å². The van der Waals surface area contributed by atoms with E-state index in [-0.39, 0.29) is 0 Å². The van der Waals surface area contributed by atoms with E-state index in [1.807, 2.05) is 30.3 Å². The fraction of sp³-hybridized carbons (Fsp3) is 0.500. The molecule has 0 unspecified atom stereocenters. The van der Waals surface area contributed by atoms with Crippen molar-refractivity contribution in [1.29, 1.82) is 0 Å². The molecule has 2 rings (SSSR count). The van der Waals surface area contributed by atoms with Gasteiger partial charge in [-0.05, 0) is 35.0 Å². The Morgan fingerprint density at radius 2 is 2.05 bits per heavy atom. The summed E-state index contributed by atoms with van der Waals surface area (Å²) in [6.07, 6.45) is 0. The normalized spacial score (nSPS) is 10.9. The van der Waals surface area contributed by atoms with E-state index in [0.29, 0.717) is 25.6 Å². The number of aromatic nitrogens is 4. The zero-order valence-electron chi connectivity index (χ0n) is 12.0. The van der Waals surface area contributed by atoms with Crippen molar-refractivity contribution in [1.82, 2.24) is 25.5 Å². The van der Waals surface area contributed by atoms with Crippen molar-refractivity contribution >= 4 is 0 Å². The van der Waals surface area contributed by atoms with Crippen LogP contribution in [0.2, 0.25) is 0 Å². The van der Waals surface area contributed by atoms with Crippen LogP contribution in [0, 0.1) is 5.92 Å². The van der Waals surface area contributed by atoms with Crippen LogP contribution in [-0.4, -0.2) is 33.4 Å². The molecule has 108 valence electrons. The monoisotopic (exact) mass is 275 g/mol. The SMILES string of the molecule is CC(C)CNCc1nnnn1CCOc1ccccc1. The fourth-order valence-electron chi connectivity index (χ4n) is 1.76. The number of nitrogens with zero attached hydrogens (tertiary/aromatic N) is 4. The first-order valence-corrected chi connectivity index (χ1v) is 6.89. The summed E-state index contributed by atoms with van der Waals surface area (Å²) in [7, 11) is 0. The summed E-state index contributed by atoms with van der Waals surface area (Å²) < 4.78 is 7.41. The third kappa shape index (κ3) is 4.62. The molecule has 6 heteroatoms. The van der Waals surface area contributed by atoms with Gasteiger partial charge in [0.2, 0.25) is 0 Å². The second-order valence-electron chi connectivity index (χ2n) is 5.00. The average Bonchev–Trinajstić information content (AvgIpc) is 2.87. The third-order valence-electron chi connectivity index (χ3n) is 2.76. The van der Waals surface area contributed by atoms with Gasteiger partial charge in [-0.1, -0.05) is 32.0 Å². The van der Waals surface area contributed by atoms with Crippen molar-refractivity contribution in [2.45, 2.75) is 26.9 Å². The van der Waals surface area contributed by atoms with Crippen molar-refractivity contribution in [2.24, 2.45) is 5.92 Å². The molecule has 2 aromatic rings. The summed E-state index contributed by atoms with van der Waals surface area (Å²) in [6.45, 7) is 7.16. The maximum Gasteiger partial charge on any atom is 0.165 e. The molecule has 0 saturated heterocycles. The molecule has 0 aliphatic rings. The second-order valence-corrected chi connectivity index (χ2v) is 5.00. The number of tetrazole rings is 1. The van der Waals surface area contributed by atoms with Crippen LogP contribution in [0.3, 0.4) is 0 Å². The lowest BCUT2D eigenvalue weighted by Gasteiger charge is -2.09. The highest BCUT2D eigenvalue weighted by Gasteiger charge is 2.06. The summed E-state index contributed by atoms with van der Waals surface area (Å²) in [5.74, 6) is 2.31. The van der Waals surface area contributed by atoms with E-state index in [2.05, 4.69) is 34.7 Å². The van der Waals surface area contributed by atoms with E-state index in [1.165, 1.54) is 0 Å². The number of ether oxygens (including phenoxy) is 1. The summed E-state index contributed by atoms with van der Waals surface area (Å²) in [6, 6.07) is 9.74. The molecule has 1 aromatic heterocycles. The van der Waals surface area contributed by atoms with Gasteiger partial charge >= 0.3 is 0 Å². The van der Waals surface area contributed by atoms with Gasteiger partial charge in [0, 0.05) is 0 Å². The lowest BCUT2D eigenvalue weighted by atomic mass is 10.2. The minimum atomic E-state index is 0.548. The van der Waals surface area contributed by atoms with E-state index in [0.717, 1.165) is 18.1 Å². The summed E-state index contributed by atoms with van der Waals surface area (Å²) in [4.78, 5) is 0. The second kappa shape index (κ2) is 7.59. The van der Waals surface area contributed by atoms with Gasteiger partial charge in [0.15, 0.2) is 5.82 Å². The molecule has 1 heterocycles. The van der Waals surface area contributed by atoms with Gasteiger partial charge in [-0.15, -0.1) is 5.10 Å². The maximum atomic E-state index is 5.64. The Morgan fingerprint density at radius 3 is 2.80 bits per heavy atom. The van der Waals surface area contributed by atoms with E-state index in [9.17, 15) is 0 Å². The molecular formula is C14H21N5O. The standard InChI is InChI=1S/C14H21N5O/c1-12(2)10-15-11-14-16-17-18-19(14)8-9-20-13-6-4-3-5-7-13/h3-7,12,15H,8-11H2,1-2H3. The lowest BCUT2D eigenvalue weighted by Crippen LogP contribution is -2.22. The minimum absolute atomic E-state index is 0.548. The Hall–Kier alpha value is -1.95. The smallest absolute Gasteiger partial charge is 0.165 e. The zero-order valence-corrected chi connectivity index (χ0v) is 12.0. The molecule has 0 bridgehead atoms. The Kier molecular flexibility index (Phi) is 5.49. The minimum Gasteiger partial charge on any atom is -0.492 e. The first-order valence-electron chi connectivity index (χ1n) is 6.89. The van der Waals surface area contributed by atoms with Crippen molar-refractivity contribution in [2.75, 3.05) is 13.2 Å². The van der Waals surface area contributed by atoms with E-state index in [1.54, 1.807) is 4.68 Å². The molecule has 0 amide bonds. The Bertz CT molecular complexity index is 497. The predicted octanol–water partition coefficient (Wildman–Crippen LogP) is 1.50. The van der Waals surface area contributed by atoms with E-state index >= 15 is 0 Å². The number of benzene rings is 1. The molecule has 0 spiro atoms. The summed E-state index contributed by atoms with van der Waals surface area (Å²) in [5.41, 5.74) is 0. The Balaban J connectivity index is 1.77. The fourth-order valence-corrected chi connectivity index (χ4v) is 1.76. The lowest BCUT2D eigenvalue weighted by molar-refractivity contribution is 0.286. The van der Waals surface area contributed by atoms with Gasteiger partial charge < -0.3 is 10.1 Å². The number of rotatable bonds is 8. The average molecular weight is 275 g/mol. The molecule has 0 atom stereocenters. The van der Waals surface area contributed by atoms with Gasteiger partial charge in [-0.2, -0.15) is 0 Å². The van der Waals surface area contributed by atoms with Crippen LogP contribution in [-0.2, 0) is 13.1 Å². The first-order chi connectivity index (χ1) is 9.75. The van der Waals surface area contributed by atoms with Crippen LogP contribution in [0.5, 0.6) is 5.75 Å². The largest absolute Gasteiger partial charge is 0.492 e. The molecule has 20 heavy (non-hydrogen) atoms. The highest BCUT2D eigenvalue weighted by atomic mass is 16.5. The predicted molar refractivity (Wildman–Crippen MR) is 76.3 cm³/mol. The van der Waals surface area contributed by atoms with Gasteiger partial charge in [-0.3, -0.25) is 0 Å². The van der Waals surface area contributed by atoms with Gasteiger partial charge in [0.25, 0.3) is 0 Å².